The third-order valence-corrected chi connectivity index (χ3v) is 5.47. The van der Waals surface area contributed by atoms with E-state index >= 15 is 0 Å². The molecule has 7 nitrogen and oxygen atoms in total. The fraction of sp³-hybridized carbons (Fsp3) is 0.273. The Labute approximate surface area is 167 Å². The van der Waals surface area contributed by atoms with Gasteiger partial charge in [-0.3, -0.25) is 4.79 Å². The van der Waals surface area contributed by atoms with Crippen LogP contribution in [0.15, 0.2) is 47.2 Å². The number of hydrogen-bond donors (Lipinski definition) is 0. The minimum absolute atomic E-state index is 0.0447. The number of carbonyl (C=O) groups excluding carboxylic acids is 1. The van der Waals surface area contributed by atoms with Crippen LogP contribution in [0.2, 0.25) is 0 Å². The number of nitrogens with zero attached hydrogens (tertiary/aromatic N) is 5. The van der Waals surface area contributed by atoms with Crippen LogP contribution < -0.4 is 0 Å². The molecule has 3 aromatic heterocycles. The van der Waals surface area contributed by atoms with E-state index in [1.54, 1.807) is 30.6 Å². The highest BCUT2D eigenvalue weighted by Crippen LogP contribution is 2.30. The highest BCUT2D eigenvalue weighted by molar-refractivity contribution is 6.00. The van der Waals surface area contributed by atoms with Crippen molar-refractivity contribution in [2.75, 3.05) is 13.1 Å². The van der Waals surface area contributed by atoms with Crippen LogP contribution in [-0.2, 0) is 0 Å². The molecule has 0 unspecified atom stereocenters. The summed E-state index contributed by atoms with van der Waals surface area (Å²) in [6.07, 6.45) is 7.94. The Kier molecular flexibility index (Phi) is 4.24. The fourth-order valence-corrected chi connectivity index (χ4v) is 3.92. The van der Waals surface area contributed by atoms with Gasteiger partial charge in [-0.1, -0.05) is 24.1 Å². The molecule has 1 aliphatic heterocycles. The Morgan fingerprint density at radius 3 is 2.72 bits per heavy atom. The molecule has 0 saturated carbocycles. The smallest absolute Gasteiger partial charge is 0.253 e. The molecule has 5 rings (SSSR count). The van der Waals surface area contributed by atoms with Gasteiger partial charge in [0.2, 0.25) is 5.69 Å². The maximum absolute atomic E-state index is 12.9. The van der Waals surface area contributed by atoms with Crippen LogP contribution in [0.25, 0.3) is 32.8 Å². The second-order valence-corrected chi connectivity index (χ2v) is 7.32. The molecule has 0 radical (unpaired) electrons. The third kappa shape index (κ3) is 3.03. The average molecular weight is 385 g/mol. The Bertz CT molecular complexity index is 1260. The predicted octanol–water partition coefficient (Wildman–Crippen LogP) is 4.71. The minimum Gasteiger partial charge on any atom is -0.356 e. The number of amides is 1. The molecule has 1 aromatic carbocycles. The second-order valence-electron chi connectivity index (χ2n) is 7.32. The summed E-state index contributed by atoms with van der Waals surface area (Å²) in [5.41, 5.74) is 3.83. The van der Waals surface area contributed by atoms with Gasteiger partial charge in [0, 0.05) is 24.8 Å². The number of benzene rings is 1. The summed E-state index contributed by atoms with van der Waals surface area (Å²) in [7, 11) is 0. The van der Waals surface area contributed by atoms with Gasteiger partial charge in [0.15, 0.2) is 5.58 Å². The number of pyridine rings is 1. The first kappa shape index (κ1) is 17.4. The highest BCUT2D eigenvalue weighted by atomic mass is 16.5. The summed E-state index contributed by atoms with van der Waals surface area (Å²) in [4.78, 5) is 22.7. The molecule has 1 fully saturated rings. The van der Waals surface area contributed by atoms with Crippen molar-refractivity contribution in [3.63, 3.8) is 0 Å². The molecule has 1 saturated heterocycles. The zero-order valence-electron chi connectivity index (χ0n) is 15.8. The van der Waals surface area contributed by atoms with Crippen LogP contribution >= 0.6 is 0 Å². The molecule has 0 aliphatic carbocycles. The van der Waals surface area contributed by atoms with Gasteiger partial charge < -0.3 is 13.8 Å². The van der Waals surface area contributed by atoms with E-state index in [4.69, 9.17) is 11.1 Å². The number of rotatable bonds is 2. The summed E-state index contributed by atoms with van der Waals surface area (Å²) < 4.78 is 7.39. The topological polar surface area (TPSA) is 68.0 Å². The summed E-state index contributed by atoms with van der Waals surface area (Å²) in [6, 6.07) is 9.03. The summed E-state index contributed by atoms with van der Waals surface area (Å²) in [5, 5.41) is 5.05. The number of aromatic nitrogens is 3. The van der Waals surface area contributed by atoms with E-state index in [1.807, 2.05) is 21.4 Å². The zero-order chi connectivity index (χ0) is 19.8. The molecule has 29 heavy (non-hydrogen) atoms. The van der Waals surface area contributed by atoms with Crippen LogP contribution in [0.3, 0.4) is 0 Å². The normalized spacial score (nSPS) is 14.8. The summed E-state index contributed by atoms with van der Waals surface area (Å²) in [6.45, 7) is 8.85. The number of carbonyl (C=O) groups is 1. The molecular weight excluding hydrogens is 366 g/mol. The first-order valence-corrected chi connectivity index (χ1v) is 9.78. The van der Waals surface area contributed by atoms with Crippen LogP contribution in [0.4, 0.5) is 5.69 Å². The first-order chi connectivity index (χ1) is 14.2. The number of fused-ring (bicyclic) bond motifs is 2. The van der Waals surface area contributed by atoms with Crippen molar-refractivity contribution < 1.29 is 9.32 Å². The Hall–Kier alpha value is -3.66. The molecule has 0 atom stereocenters. The minimum atomic E-state index is 0.0447. The van der Waals surface area contributed by atoms with Gasteiger partial charge in [-0.25, -0.2) is 9.83 Å². The van der Waals surface area contributed by atoms with Crippen molar-refractivity contribution in [1.29, 1.82) is 0 Å². The fourth-order valence-electron chi connectivity index (χ4n) is 3.92. The van der Waals surface area contributed by atoms with E-state index in [0.29, 0.717) is 22.5 Å². The molecule has 7 heteroatoms. The van der Waals surface area contributed by atoms with Gasteiger partial charge in [0.25, 0.3) is 5.91 Å². The Balaban J connectivity index is 1.53. The lowest BCUT2D eigenvalue weighted by Gasteiger charge is -2.20. The standard InChI is InChI=1S/C22H19N5O2/c1-23-16-7-9-20-24-13-18(27(20)14-16)21-17-8-6-15(12-19(17)29-25-21)22(28)26-10-4-2-3-5-11-26/h6-9,12-14H,2-5,10-11H2. The Morgan fingerprint density at radius 1 is 1.10 bits per heavy atom. The predicted molar refractivity (Wildman–Crippen MR) is 109 cm³/mol. The molecule has 0 bridgehead atoms. The van der Waals surface area contributed by atoms with Crippen LogP contribution in [-0.4, -0.2) is 38.4 Å². The van der Waals surface area contributed by atoms with Gasteiger partial charge >= 0.3 is 0 Å². The van der Waals surface area contributed by atoms with E-state index in [9.17, 15) is 4.79 Å². The molecular formula is C22H19N5O2. The van der Waals surface area contributed by atoms with Gasteiger partial charge in [0.1, 0.15) is 11.3 Å². The molecule has 144 valence electrons. The van der Waals surface area contributed by atoms with Gasteiger partial charge in [-0.2, -0.15) is 0 Å². The molecule has 0 N–H and O–H groups in total. The van der Waals surface area contributed by atoms with Gasteiger partial charge in [-0.15, -0.1) is 0 Å². The van der Waals surface area contributed by atoms with E-state index in [-0.39, 0.29) is 5.91 Å². The number of hydrogen-bond acceptors (Lipinski definition) is 4. The number of likely N-dealkylation sites (tertiary alicyclic amines) is 1. The quantitative estimate of drug-likeness (QED) is 0.469. The maximum Gasteiger partial charge on any atom is 0.253 e. The van der Waals surface area contributed by atoms with Crippen LogP contribution in [0.5, 0.6) is 0 Å². The van der Waals surface area contributed by atoms with Crippen molar-refractivity contribution in [1.82, 2.24) is 19.4 Å². The lowest BCUT2D eigenvalue weighted by atomic mass is 10.1. The van der Waals surface area contributed by atoms with Crippen LogP contribution in [0.1, 0.15) is 36.0 Å². The van der Waals surface area contributed by atoms with Gasteiger partial charge in [0.05, 0.1) is 23.8 Å². The monoisotopic (exact) mass is 385 g/mol. The molecule has 4 heterocycles. The van der Waals surface area contributed by atoms with E-state index in [1.165, 1.54) is 12.8 Å². The van der Waals surface area contributed by atoms with E-state index in [0.717, 1.165) is 42.7 Å². The summed E-state index contributed by atoms with van der Waals surface area (Å²) in [5.74, 6) is 0.0447. The average Bonchev–Trinajstić information content (AvgIpc) is 3.26. The molecule has 1 amide bonds. The first-order valence-electron chi connectivity index (χ1n) is 9.78. The third-order valence-electron chi connectivity index (χ3n) is 5.47. The van der Waals surface area contributed by atoms with E-state index in [2.05, 4.69) is 15.0 Å². The van der Waals surface area contributed by atoms with Crippen molar-refractivity contribution >= 4 is 28.2 Å². The van der Waals surface area contributed by atoms with Crippen LogP contribution in [0, 0.1) is 6.57 Å². The summed E-state index contributed by atoms with van der Waals surface area (Å²) >= 11 is 0. The highest BCUT2D eigenvalue weighted by Gasteiger charge is 2.20. The van der Waals surface area contributed by atoms with Crippen molar-refractivity contribution in [2.24, 2.45) is 0 Å². The Morgan fingerprint density at radius 2 is 1.93 bits per heavy atom. The van der Waals surface area contributed by atoms with Gasteiger partial charge in [-0.05, 0) is 37.1 Å². The van der Waals surface area contributed by atoms with Crippen molar-refractivity contribution in [2.45, 2.75) is 25.7 Å². The molecule has 1 aliphatic rings. The number of imidazole rings is 1. The zero-order valence-corrected chi connectivity index (χ0v) is 15.8. The molecule has 4 aromatic rings. The lowest BCUT2D eigenvalue weighted by Crippen LogP contribution is -2.31. The van der Waals surface area contributed by atoms with E-state index < -0.39 is 0 Å². The second kappa shape index (κ2) is 7.06. The lowest BCUT2D eigenvalue weighted by molar-refractivity contribution is 0.0761. The SMILES string of the molecule is [C-]#[N+]c1ccc2ncc(-c3noc4cc(C(=O)N5CCCCCC5)ccc34)n2c1. The van der Waals surface area contributed by atoms with Crippen molar-refractivity contribution in [3.05, 3.63) is 59.7 Å². The maximum atomic E-state index is 12.9. The molecule has 0 spiro atoms. The largest absolute Gasteiger partial charge is 0.356 e. The van der Waals surface area contributed by atoms with Crippen molar-refractivity contribution in [3.8, 4) is 11.4 Å².